The lowest BCUT2D eigenvalue weighted by Crippen LogP contribution is -2.40. The number of amides is 2. The SMILES string of the molecule is COc1ccccc1CNC(=O)C(=O)NCCC(O)c1ccco1. The number of methoxy groups -OCH3 is 1. The predicted octanol–water partition coefficient (Wildman–Crippen LogP) is 1.14. The number of ether oxygens (including phenoxy) is 1. The minimum atomic E-state index is -0.822. The first-order valence-electron chi connectivity index (χ1n) is 7.51. The number of rotatable bonds is 7. The minimum Gasteiger partial charge on any atom is -0.496 e. The summed E-state index contributed by atoms with van der Waals surface area (Å²) >= 11 is 0. The number of aliphatic hydroxyl groups excluding tert-OH is 1. The lowest BCUT2D eigenvalue weighted by Gasteiger charge is -2.10. The van der Waals surface area contributed by atoms with Crippen LogP contribution in [0.4, 0.5) is 0 Å². The quantitative estimate of drug-likeness (QED) is 0.660. The van der Waals surface area contributed by atoms with Crippen molar-refractivity contribution in [1.29, 1.82) is 0 Å². The van der Waals surface area contributed by atoms with Gasteiger partial charge in [-0.1, -0.05) is 18.2 Å². The monoisotopic (exact) mass is 332 g/mol. The Labute approximate surface area is 139 Å². The van der Waals surface area contributed by atoms with Crippen LogP contribution in [0.15, 0.2) is 47.1 Å². The van der Waals surface area contributed by atoms with Crippen LogP contribution in [-0.4, -0.2) is 30.6 Å². The molecule has 1 heterocycles. The molecule has 7 heteroatoms. The summed E-state index contributed by atoms with van der Waals surface area (Å²) in [7, 11) is 1.54. The smallest absolute Gasteiger partial charge is 0.309 e. The summed E-state index contributed by atoms with van der Waals surface area (Å²) in [5.41, 5.74) is 0.773. The second-order valence-corrected chi connectivity index (χ2v) is 5.07. The van der Waals surface area contributed by atoms with Crippen LogP contribution in [0, 0.1) is 0 Å². The third-order valence-corrected chi connectivity index (χ3v) is 3.41. The number of carbonyl (C=O) groups excluding carboxylic acids is 2. The van der Waals surface area contributed by atoms with Crippen molar-refractivity contribution < 1.29 is 23.8 Å². The number of carbonyl (C=O) groups is 2. The maximum absolute atomic E-state index is 11.8. The molecule has 0 aliphatic heterocycles. The summed E-state index contributed by atoms with van der Waals surface area (Å²) in [6.07, 6.45) is 0.888. The average Bonchev–Trinajstić information content (AvgIpc) is 3.14. The Morgan fingerprint density at radius 1 is 1.17 bits per heavy atom. The molecule has 0 radical (unpaired) electrons. The fourth-order valence-corrected chi connectivity index (χ4v) is 2.13. The van der Waals surface area contributed by atoms with Gasteiger partial charge in [0.1, 0.15) is 17.6 Å². The summed E-state index contributed by atoms with van der Waals surface area (Å²) in [5, 5.41) is 14.8. The topological polar surface area (TPSA) is 101 Å². The first kappa shape index (κ1) is 17.6. The first-order valence-corrected chi connectivity index (χ1v) is 7.51. The van der Waals surface area contributed by atoms with Crippen LogP contribution < -0.4 is 15.4 Å². The van der Waals surface area contributed by atoms with Crippen LogP contribution in [-0.2, 0) is 16.1 Å². The maximum atomic E-state index is 11.8. The Kier molecular flexibility index (Phi) is 6.39. The molecule has 0 fully saturated rings. The minimum absolute atomic E-state index is 0.156. The zero-order chi connectivity index (χ0) is 17.4. The molecule has 1 aromatic carbocycles. The van der Waals surface area contributed by atoms with E-state index < -0.39 is 17.9 Å². The molecule has 0 spiro atoms. The second-order valence-electron chi connectivity index (χ2n) is 5.07. The van der Waals surface area contributed by atoms with Gasteiger partial charge in [0.15, 0.2) is 0 Å². The largest absolute Gasteiger partial charge is 0.496 e. The number of hydrogen-bond donors (Lipinski definition) is 3. The first-order chi connectivity index (χ1) is 11.6. The van der Waals surface area contributed by atoms with E-state index in [1.807, 2.05) is 12.1 Å². The predicted molar refractivity (Wildman–Crippen MR) is 86.1 cm³/mol. The third-order valence-electron chi connectivity index (χ3n) is 3.41. The standard InChI is InChI=1S/C17H20N2O5/c1-23-14-6-3-2-5-12(14)11-19-17(22)16(21)18-9-8-13(20)15-7-4-10-24-15/h2-7,10,13,20H,8-9,11H2,1H3,(H,18,21)(H,19,22). The van der Waals surface area contributed by atoms with Gasteiger partial charge in [0.2, 0.25) is 0 Å². The highest BCUT2D eigenvalue weighted by Gasteiger charge is 2.15. The fraction of sp³-hybridized carbons (Fsp3) is 0.294. The summed E-state index contributed by atoms with van der Waals surface area (Å²) in [6.45, 7) is 0.341. The Morgan fingerprint density at radius 2 is 1.92 bits per heavy atom. The van der Waals surface area contributed by atoms with Crippen molar-refractivity contribution in [2.45, 2.75) is 19.1 Å². The normalized spacial score (nSPS) is 11.6. The highest BCUT2D eigenvalue weighted by atomic mass is 16.5. The van der Waals surface area contributed by atoms with Gasteiger partial charge in [0.25, 0.3) is 0 Å². The molecular weight excluding hydrogens is 312 g/mol. The molecule has 1 unspecified atom stereocenters. The summed E-state index contributed by atoms with van der Waals surface area (Å²) in [6, 6.07) is 10.5. The third kappa shape index (κ3) is 4.85. The maximum Gasteiger partial charge on any atom is 0.309 e. The van der Waals surface area contributed by atoms with Gasteiger partial charge in [0, 0.05) is 18.7 Å². The number of benzene rings is 1. The highest BCUT2D eigenvalue weighted by molar-refractivity contribution is 6.35. The molecule has 3 N–H and O–H groups in total. The summed E-state index contributed by atoms with van der Waals surface area (Å²) < 4.78 is 10.2. The van der Waals surface area contributed by atoms with Crippen molar-refractivity contribution in [3.05, 3.63) is 54.0 Å². The second kappa shape index (κ2) is 8.73. The van der Waals surface area contributed by atoms with E-state index in [2.05, 4.69) is 10.6 Å². The Balaban J connectivity index is 1.73. The molecule has 1 atom stereocenters. The number of para-hydroxylation sites is 1. The molecule has 2 aromatic rings. The molecule has 7 nitrogen and oxygen atoms in total. The van der Waals surface area contributed by atoms with Crippen molar-refractivity contribution in [3.63, 3.8) is 0 Å². The molecule has 128 valence electrons. The molecule has 0 aliphatic rings. The van der Waals surface area contributed by atoms with Crippen molar-refractivity contribution in [3.8, 4) is 5.75 Å². The van der Waals surface area contributed by atoms with Crippen LogP contribution in [0.2, 0.25) is 0 Å². The van der Waals surface area contributed by atoms with E-state index in [0.29, 0.717) is 11.5 Å². The summed E-state index contributed by atoms with van der Waals surface area (Å²) in [4.78, 5) is 23.5. The molecule has 0 saturated carbocycles. The molecule has 0 saturated heterocycles. The molecule has 0 bridgehead atoms. The van der Waals surface area contributed by atoms with E-state index in [0.717, 1.165) is 5.56 Å². The molecule has 24 heavy (non-hydrogen) atoms. The number of hydrogen-bond acceptors (Lipinski definition) is 5. The average molecular weight is 332 g/mol. The Morgan fingerprint density at radius 3 is 2.62 bits per heavy atom. The van der Waals surface area contributed by atoms with Crippen LogP contribution in [0.5, 0.6) is 5.75 Å². The lowest BCUT2D eigenvalue weighted by molar-refractivity contribution is -0.139. The Hall–Kier alpha value is -2.80. The molecule has 1 aromatic heterocycles. The molecule has 2 amide bonds. The zero-order valence-corrected chi connectivity index (χ0v) is 13.3. The Bertz CT molecular complexity index is 669. The number of aliphatic hydroxyl groups is 1. The van der Waals surface area contributed by atoms with E-state index >= 15 is 0 Å². The van der Waals surface area contributed by atoms with Gasteiger partial charge in [-0.15, -0.1) is 0 Å². The van der Waals surface area contributed by atoms with Crippen LogP contribution in [0.25, 0.3) is 0 Å². The number of furan rings is 1. The van der Waals surface area contributed by atoms with Crippen LogP contribution in [0.3, 0.4) is 0 Å². The van der Waals surface area contributed by atoms with Crippen molar-refractivity contribution in [2.24, 2.45) is 0 Å². The molecular formula is C17H20N2O5. The van der Waals surface area contributed by atoms with Crippen LogP contribution in [0.1, 0.15) is 23.8 Å². The van der Waals surface area contributed by atoms with Gasteiger partial charge in [-0.2, -0.15) is 0 Å². The van der Waals surface area contributed by atoms with Gasteiger partial charge in [0.05, 0.1) is 13.4 Å². The van der Waals surface area contributed by atoms with Gasteiger partial charge in [-0.25, -0.2) is 0 Å². The van der Waals surface area contributed by atoms with Crippen molar-refractivity contribution in [1.82, 2.24) is 10.6 Å². The number of nitrogens with one attached hydrogen (secondary N) is 2. The van der Waals surface area contributed by atoms with E-state index in [1.165, 1.54) is 13.4 Å². The fourth-order valence-electron chi connectivity index (χ4n) is 2.13. The van der Waals surface area contributed by atoms with Gasteiger partial charge >= 0.3 is 11.8 Å². The molecule has 0 aliphatic carbocycles. The van der Waals surface area contributed by atoms with Crippen LogP contribution >= 0.6 is 0 Å². The van der Waals surface area contributed by atoms with Crippen molar-refractivity contribution >= 4 is 11.8 Å². The van der Waals surface area contributed by atoms with E-state index in [4.69, 9.17) is 9.15 Å². The van der Waals surface area contributed by atoms with Gasteiger partial charge < -0.3 is 24.9 Å². The van der Waals surface area contributed by atoms with Gasteiger partial charge in [-0.3, -0.25) is 9.59 Å². The van der Waals surface area contributed by atoms with E-state index in [-0.39, 0.29) is 19.5 Å². The summed E-state index contributed by atoms with van der Waals surface area (Å²) in [5.74, 6) is -0.436. The van der Waals surface area contributed by atoms with Crippen molar-refractivity contribution in [2.75, 3.05) is 13.7 Å². The van der Waals surface area contributed by atoms with E-state index in [9.17, 15) is 14.7 Å². The highest BCUT2D eigenvalue weighted by Crippen LogP contribution is 2.17. The van der Waals surface area contributed by atoms with E-state index in [1.54, 1.807) is 24.3 Å². The van der Waals surface area contributed by atoms with Gasteiger partial charge in [-0.05, 0) is 24.6 Å². The zero-order valence-electron chi connectivity index (χ0n) is 13.3. The molecule has 2 rings (SSSR count). The lowest BCUT2D eigenvalue weighted by atomic mass is 10.2.